The molecule has 2 heterocycles. The van der Waals surface area contributed by atoms with Gasteiger partial charge in [-0.15, -0.1) is 11.6 Å². The Morgan fingerprint density at radius 1 is 1.19 bits per heavy atom. The molecule has 1 unspecified atom stereocenters. The zero-order valence-electron chi connectivity index (χ0n) is 12.5. The SMILES string of the molecule is CCc1ccc(-n2c(C(C)Cl)nc3c(C)ccnc32)cc1. The molecule has 0 aliphatic carbocycles. The number of rotatable bonds is 3. The first kappa shape index (κ1) is 14.1. The van der Waals surface area contributed by atoms with Crippen LogP contribution in [0.15, 0.2) is 36.5 Å². The van der Waals surface area contributed by atoms with E-state index in [1.54, 1.807) is 0 Å². The first-order valence-electron chi connectivity index (χ1n) is 7.19. The number of pyridine rings is 1. The van der Waals surface area contributed by atoms with Crippen LogP contribution in [0.5, 0.6) is 0 Å². The highest BCUT2D eigenvalue weighted by atomic mass is 35.5. The van der Waals surface area contributed by atoms with Gasteiger partial charge in [-0.2, -0.15) is 0 Å². The molecule has 0 spiro atoms. The number of benzene rings is 1. The molecular formula is C17H18ClN3. The highest BCUT2D eigenvalue weighted by Crippen LogP contribution is 2.28. The highest BCUT2D eigenvalue weighted by molar-refractivity contribution is 6.20. The van der Waals surface area contributed by atoms with Gasteiger partial charge in [0, 0.05) is 11.9 Å². The normalized spacial score (nSPS) is 12.8. The van der Waals surface area contributed by atoms with Gasteiger partial charge < -0.3 is 0 Å². The van der Waals surface area contributed by atoms with Crippen molar-refractivity contribution in [2.75, 3.05) is 0 Å². The van der Waals surface area contributed by atoms with Crippen LogP contribution in [0.3, 0.4) is 0 Å². The lowest BCUT2D eigenvalue weighted by Gasteiger charge is -2.10. The van der Waals surface area contributed by atoms with Gasteiger partial charge in [-0.05, 0) is 49.6 Å². The third-order valence-electron chi connectivity index (χ3n) is 3.73. The van der Waals surface area contributed by atoms with Gasteiger partial charge >= 0.3 is 0 Å². The van der Waals surface area contributed by atoms with Crippen LogP contribution in [0, 0.1) is 6.92 Å². The van der Waals surface area contributed by atoms with Crippen molar-refractivity contribution in [1.82, 2.24) is 14.5 Å². The van der Waals surface area contributed by atoms with E-state index in [1.807, 2.05) is 26.1 Å². The van der Waals surface area contributed by atoms with Gasteiger partial charge in [-0.1, -0.05) is 19.1 Å². The van der Waals surface area contributed by atoms with Gasteiger partial charge in [0.1, 0.15) is 11.3 Å². The zero-order valence-corrected chi connectivity index (χ0v) is 13.2. The maximum absolute atomic E-state index is 6.33. The summed E-state index contributed by atoms with van der Waals surface area (Å²) in [6.45, 7) is 6.14. The molecule has 3 aromatic rings. The van der Waals surface area contributed by atoms with E-state index in [4.69, 9.17) is 16.6 Å². The number of hydrogen-bond acceptors (Lipinski definition) is 2. The highest BCUT2D eigenvalue weighted by Gasteiger charge is 2.18. The van der Waals surface area contributed by atoms with Gasteiger partial charge in [-0.3, -0.25) is 4.57 Å². The molecule has 0 amide bonds. The predicted octanol–water partition coefficient (Wildman–Crippen LogP) is 4.59. The standard InChI is InChI=1S/C17H18ClN3/c1-4-13-5-7-14(8-6-13)21-16(12(3)18)20-15-11(2)9-10-19-17(15)21/h5-10,12H,4H2,1-3H3. The summed E-state index contributed by atoms with van der Waals surface area (Å²) in [4.78, 5) is 9.21. The summed E-state index contributed by atoms with van der Waals surface area (Å²) >= 11 is 6.33. The Hall–Kier alpha value is -1.87. The van der Waals surface area contributed by atoms with Crippen molar-refractivity contribution in [2.45, 2.75) is 32.6 Å². The maximum atomic E-state index is 6.33. The summed E-state index contributed by atoms with van der Waals surface area (Å²) in [7, 11) is 0. The van der Waals surface area contributed by atoms with Crippen LogP contribution in [-0.2, 0) is 6.42 Å². The maximum Gasteiger partial charge on any atom is 0.164 e. The molecular weight excluding hydrogens is 282 g/mol. The second-order valence-electron chi connectivity index (χ2n) is 5.24. The molecule has 0 aliphatic heterocycles. The molecule has 4 heteroatoms. The van der Waals surface area contributed by atoms with Crippen molar-refractivity contribution in [3.05, 3.63) is 53.5 Å². The minimum absolute atomic E-state index is 0.176. The third kappa shape index (κ3) is 2.42. The molecule has 1 aromatic carbocycles. The molecule has 0 radical (unpaired) electrons. The molecule has 0 aliphatic rings. The second kappa shape index (κ2) is 5.49. The molecule has 2 aromatic heterocycles. The van der Waals surface area contributed by atoms with Gasteiger partial charge in [0.05, 0.1) is 5.38 Å². The van der Waals surface area contributed by atoms with Gasteiger partial charge in [0.2, 0.25) is 0 Å². The molecule has 108 valence electrons. The molecule has 0 N–H and O–H groups in total. The number of alkyl halides is 1. The Balaban J connectivity index is 2.28. The average Bonchev–Trinajstić information content (AvgIpc) is 2.88. The number of halogens is 1. The van der Waals surface area contributed by atoms with E-state index >= 15 is 0 Å². The first-order valence-corrected chi connectivity index (χ1v) is 7.62. The fourth-order valence-corrected chi connectivity index (χ4v) is 2.66. The lowest BCUT2D eigenvalue weighted by molar-refractivity contribution is 0.876. The van der Waals surface area contributed by atoms with E-state index in [0.29, 0.717) is 0 Å². The fraction of sp³-hybridized carbons (Fsp3) is 0.294. The van der Waals surface area contributed by atoms with E-state index in [-0.39, 0.29) is 5.38 Å². The molecule has 21 heavy (non-hydrogen) atoms. The molecule has 0 fully saturated rings. The van der Waals surface area contributed by atoms with Crippen LogP contribution in [0.2, 0.25) is 0 Å². The van der Waals surface area contributed by atoms with Crippen molar-refractivity contribution in [2.24, 2.45) is 0 Å². The van der Waals surface area contributed by atoms with Crippen molar-refractivity contribution < 1.29 is 0 Å². The van der Waals surface area contributed by atoms with E-state index in [0.717, 1.165) is 34.7 Å². The van der Waals surface area contributed by atoms with Crippen LogP contribution >= 0.6 is 11.6 Å². The summed E-state index contributed by atoms with van der Waals surface area (Å²) in [5.74, 6) is 0.831. The van der Waals surface area contributed by atoms with Crippen molar-refractivity contribution in [1.29, 1.82) is 0 Å². The Bertz CT molecular complexity index is 773. The monoisotopic (exact) mass is 299 g/mol. The molecule has 0 saturated carbocycles. The van der Waals surface area contributed by atoms with E-state index in [1.165, 1.54) is 5.56 Å². The van der Waals surface area contributed by atoms with Crippen LogP contribution < -0.4 is 0 Å². The van der Waals surface area contributed by atoms with Crippen LogP contribution in [-0.4, -0.2) is 14.5 Å². The minimum Gasteiger partial charge on any atom is -0.279 e. The van der Waals surface area contributed by atoms with E-state index < -0.39 is 0 Å². The van der Waals surface area contributed by atoms with Crippen molar-refractivity contribution in [3.63, 3.8) is 0 Å². The Labute approximate surface area is 129 Å². The lowest BCUT2D eigenvalue weighted by atomic mass is 10.1. The van der Waals surface area contributed by atoms with Crippen LogP contribution in [0.25, 0.3) is 16.9 Å². The van der Waals surface area contributed by atoms with E-state index in [9.17, 15) is 0 Å². The predicted molar refractivity (Wildman–Crippen MR) is 87.2 cm³/mol. The summed E-state index contributed by atoms with van der Waals surface area (Å²) in [5, 5.41) is -0.176. The van der Waals surface area contributed by atoms with Gasteiger partial charge in [0.25, 0.3) is 0 Å². The Morgan fingerprint density at radius 2 is 1.90 bits per heavy atom. The summed E-state index contributed by atoms with van der Waals surface area (Å²) in [5.41, 5.74) is 5.26. The minimum atomic E-state index is -0.176. The second-order valence-corrected chi connectivity index (χ2v) is 5.90. The van der Waals surface area contributed by atoms with Gasteiger partial charge in [-0.25, -0.2) is 9.97 Å². The molecule has 0 bridgehead atoms. The Morgan fingerprint density at radius 3 is 2.52 bits per heavy atom. The number of aromatic nitrogens is 3. The summed E-state index contributed by atoms with van der Waals surface area (Å²) < 4.78 is 2.05. The quantitative estimate of drug-likeness (QED) is 0.662. The molecule has 3 rings (SSSR count). The smallest absolute Gasteiger partial charge is 0.164 e. The van der Waals surface area contributed by atoms with Crippen LogP contribution in [0.4, 0.5) is 0 Å². The number of fused-ring (bicyclic) bond motifs is 1. The summed E-state index contributed by atoms with van der Waals surface area (Å²) in [6.07, 6.45) is 2.85. The molecule has 1 atom stereocenters. The number of aryl methyl sites for hydroxylation is 2. The average molecular weight is 300 g/mol. The molecule has 3 nitrogen and oxygen atoms in total. The van der Waals surface area contributed by atoms with Gasteiger partial charge in [0.15, 0.2) is 5.65 Å². The van der Waals surface area contributed by atoms with Crippen LogP contribution in [0.1, 0.15) is 36.2 Å². The molecule has 0 saturated heterocycles. The van der Waals surface area contributed by atoms with E-state index in [2.05, 4.69) is 40.7 Å². The largest absolute Gasteiger partial charge is 0.279 e. The number of nitrogens with zero attached hydrogens (tertiary/aromatic N) is 3. The van der Waals surface area contributed by atoms with Crippen molar-refractivity contribution >= 4 is 22.8 Å². The number of hydrogen-bond donors (Lipinski definition) is 0. The Kier molecular flexibility index (Phi) is 3.68. The number of imidazole rings is 1. The fourth-order valence-electron chi connectivity index (χ4n) is 2.51. The third-order valence-corrected chi connectivity index (χ3v) is 3.93. The summed E-state index contributed by atoms with van der Waals surface area (Å²) in [6, 6.07) is 10.5. The van der Waals surface area contributed by atoms with Crippen molar-refractivity contribution in [3.8, 4) is 5.69 Å². The topological polar surface area (TPSA) is 30.7 Å². The zero-order chi connectivity index (χ0) is 15.0. The first-order chi connectivity index (χ1) is 10.1. The lowest BCUT2D eigenvalue weighted by Crippen LogP contribution is -2.02.